The number of benzene rings is 1. The molecule has 0 radical (unpaired) electrons. The number of nitrogens with one attached hydrogen (secondary N) is 2. The normalized spacial score (nSPS) is 22.0. The molecule has 1 aromatic carbocycles. The number of methoxy groups -OCH3 is 1. The van der Waals surface area contributed by atoms with Crippen molar-refractivity contribution in [1.29, 1.82) is 5.26 Å². The van der Waals surface area contributed by atoms with Crippen molar-refractivity contribution in [3.8, 4) is 23.1 Å². The Bertz CT molecular complexity index is 1430. The van der Waals surface area contributed by atoms with Crippen LogP contribution in [0.25, 0.3) is 22.3 Å². The Morgan fingerprint density at radius 1 is 1.30 bits per heavy atom. The Morgan fingerprint density at radius 3 is 2.97 bits per heavy atom. The third-order valence-corrected chi connectivity index (χ3v) is 6.92. The van der Waals surface area contributed by atoms with Crippen molar-refractivity contribution in [1.82, 2.24) is 30.3 Å². The summed E-state index contributed by atoms with van der Waals surface area (Å²) in [5.41, 5.74) is 4.73. The molecule has 6 rings (SSSR count). The number of fused-ring (bicyclic) bond motifs is 2. The van der Waals surface area contributed by atoms with Crippen molar-refractivity contribution >= 4 is 11.0 Å². The molecule has 1 aliphatic heterocycles. The van der Waals surface area contributed by atoms with Gasteiger partial charge in [-0.05, 0) is 49.9 Å². The Kier molecular flexibility index (Phi) is 4.40. The number of hydrogen-bond donors (Lipinski definition) is 2. The number of aryl methyl sites for hydroxylation is 1. The van der Waals surface area contributed by atoms with Crippen molar-refractivity contribution in [2.45, 2.75) is 37.1 Å². The van der Waals surface area contributed by atoms with Crippen LogP contribution in [0.1, 0.15) is 43.5 Å². The van der Waals surface area contributed by atoms with E-state index in [0.29, 0.717) is 41.9 Å². The van der Waals surface area contributed by atoms with E-state index in [1.54, 1.807) is 18.0 Å². The van der Waals surface area contributed by atoms with Gasteiger partial charge in [0.1, 0.15) is 28.1 Å². The fourth-order valence-electron chi connectivity index (χ4n) is 5.18. The molecule has 0 saturated carbocycles. The molecule has 8 nitrogen and oxygen atoms in total. The quantitative estimate of drug-likeness (QED) is 0.503. The van der Waals surface area contributed by atoms with Gasteiger partial charge in [0.2, 0.25) is 0 Å². The van der Waals surface area contributed by atoms with Crippen LogP contribution in [0.2, 0.25) is 0 Å². The van der Waals surface area contributed by atoms with Gasteiger partial charge in [-0.15, -0.1) is 0 Å². The summed E-state index contributed by atoms with van der Waals surface area (Å²) in [5.74, 6) is 0.566. The zero-order chi connectivity index (χ0) is 23.3. The topological polar surface area (TPSA) is 104 Å². The second kappa shape index (κ2) is 7.71. The number of piperidine rings is 1. The highest BCUT2D eigenvalue weighted by Gasteiger charge is 2.44. The minimum atomic E-state index is -0.880. The van der Waals surface area contributed by atoms with E-state index in [4.69, 9.17) is 11.1 Å². The number of aromatic nitrogens is 5. The zero-order valence-corrected chi connectivity index (χ0v) is 18.4. The molecule has 4 aromatic rings. The first kappa shape index (κ1) is 18.8. The van der Waals surface area contributed by atoms with Crippen LogP contribution in [0, 0.1) is 11.3 Å². The molecule has 0 bridgehead atoms. The van der Waals surface area contributed by atoms with Crippen molar-refractivity contribution in [2.24, 2.45) is 0 Å². The van der Waals surface area contributed by atoms with Gasteiger partial charge in [-0.3, -0.25) is 9.78 Å². The maximum absolute atomic E-state index is 10.4. The lowest BCUT2D eigenvalue weighted by Gasteiger charge is -2.24. The fraction of sp³-hybridized carbons (Fsp3) is 0.360. The van der Waals surface area contributed by atoms with E-state index in [1.807, 2.05) is 30.5 Å². The summed E-state index contributed by atoms with van der Waals surface area (Å²) in [6, 6.07) is 11.7. The summed E-state index contributed by atoms with van der Waals surface area (Å²) in [6.45, 7) is 1.60. The maximum atomic E-state index is 10.4. The predicted octanol–water partition coefficient (Wildman–Crippen LogP) is 3.51. The SMILES string of the molecule is [2H]C1(n2cc(-c3n[nH]c4cc(OC)c(C5(C#N)CCc6ccccc65)nc34)cn2)CCNCC1. The summed E-state index contributed by atoms with van der Waals surface area (Å²) < 4.78 is 16.3. The summed E-state index contributed by atoms with van der Waals surface area (Å²) in [5, 5.41) is 25.8. The van der Waals surface area contributed by atoms with Gasteiger partial charge < -0.3 is 10.1 Å². The first-order chi connectivity index (χ1) is 16.6. The molecule has 33 heavy (non-hydrogen) atoms. The molecule has 1 atom stereocenters. The Hall–Kier alpha value is -3.70. The highest BCUT2D eigenvalue weighted by molar-refractivity contribution is 5.90. The van der Waals surface area contributed by atoms with Gasteiger partial charge >= 0.3 is 0 Å². The molecule has 3 aromatic heterocycles. The van der Waals surface area contributed by atoms with E-state index in [0.717, 1.165) is 36.2 Å². The van der Waals surface area contributed by atoms with E-state index in [-0.39, 0.29) is 0 Å². The van der Waals surface area contributed by atoms with Gasteiger partial charge in [0.05, 0.1) is 32.3 Å². The molecule has 0 amide bonds. The molecule has 0 spiro atoms. The third kappa shape index (κ3) is 3.04. The molecule has 1 saturated heterocycles. The van der Waals surface area contributed by atoms with Gasteiger partial charge in [-0.2, -0.15) is 15.5 Å². The molecule has 2 aliphatic rings. The third-order valence-electron chi connectivity index (χ3n) is 6.92. The highest BCUT2D eigenvalue weighted by atomic mass is 16.5. The van der Waals surface area contributed by atoms with Gasteiger partial charge in [0, 0.05) is 17.8 Å². The summed E-state index contributed by atoms with van der Waals surface area (Å²) >= 11 is 0. The molecular weight excluding hydrogens is 414 g/mol. The molecule has 4 heterocycles. The fourth-order valence-corrected chi connectivity index (χ4v) is 5.18. The number of nitriles is 1. The summed E-state index contributed by atoms with van der Waals surface area (Å²) in [7, 11) is 1.60. The average Bonchev–Trinajstić information content (AvgIpc) is 3.60. The maximum Gasteiger partial charge on any atom is 0.144 e. The van der Waals surface area contributed by atoms with Gasteiger partial charge in [0.25, 0.3) is 0 Å². The average molecular weight is 441 g/mol. The summed E-state index contributed by atoms with van der Waals surface area (Å²) in [6.07, 6.45) is 6.48. The predicted molar refractivity (Wildman–Crippen MR) is 124 cm³/mol. The number of hydrogen-bond acceptors (Lipinski definition) is 6. The molecule has 1 fully saturated rings. The van der Waals surface area contributed by atoms with Crippen molar-refractivity contribution in [3.05, 3.63) is 59.5 Å². The van der Waals surface area contributed by atoms with Crippen LogP contribution in [0.3, 0.4) is 0 Å². The van der Waals surface area contributed by atoms with Crippen LogP contribution in [-0.4, -0.2) is 45.2 Å². The van der Waals surface area contributed by atoms with Gasteiger partial charge in [-0.25, -0.2) is 4.98 Å². The molecule has 166 valence electrons. The molecule has 1 aliphatic carbocycles. The van der Waals surface area contributed by atoms with Crippen LogP contribution in [0.15, 0.2) is 42.7 Å². The lowest BCUT2D eigenvalue weighted by molar-refractivity contribution is 0.343. The highest BCUT2D eigenvalue weighted by Crippen LogP contribution is 2.47. The van der Waals surface area contributed by atoms with Crippen LogP contribution in [-0.2, 0) is 11.8 Å². The first-order valence-electron chi connectivity index (χ1n) is 11.8. The number of nitrogens with zero attached hydrogens (tertiary/aromatic N) is 5. The number of pyridine rings is 1. The van der Waals surface area contributed by atoms with Crippen molar-refractivity contribution in [2.75, 3.05) is 20.2 Å². The Labute approximate surface area is 193 Å². The van der Waals surface area contributed by atoms with E-state index in [2.05, 4.69) is 32.7 Å². The zero-order valence-electron chi connectivity index (χ0n) is 19.4. The smallest absolute Gasteiger partial charge is 0.144 e. The van der Waals surface area contributed by atoms with Gasteiger partial charge in [0.15, 0.2) is 0 Å². The minimum absolute atomic E-state index is 0.566. The van der Waals surface area contributed by atoms with Gasteiger partial charge in [-0.1, -0.05) is 24.3 Å². The Balaban J connectivity index is 1.49. The molecule has 2 N–H and O–H groups in total. The van der Waals surface area contributed by atoms with E-state index in [9.17, 15) is 5.26 Å². The lowest BCUT2D eigenvalue weighted by Crippen LogP contribution is -2.29. The number of aromatic amines is 1. The second-order valence-electron chi connectivity index (χ2n) is 8.67. The standard InChI is InChI=1S/C25H25N7O/c1-33-21-12-20-23(29-24(21)25(15-26)9-6-16-4-2-3-5-19(16)25)22(31-30-20)17-13-28-32(14-17)18-7-10-27-11-8-18/h2-5,12-14,18,27H,6-11H2,1H3,(H,30,31)/i18D. The second-order valence-corrected chi connectivity index (χ2v) is 8.67. The number of ether oxygens (including phenoxy) is 1. The van der Waals surface area contributed by atoms with Crippen molar-refractivity contribution < 1.29 is 6.11 Å². The molecule has 1 unspecified atom stereocenters. The summed E-state index contributed by atoms with van der Waals surface area (Å²) in [4.78, 5) is 5.01. The molecule has 8 heteroatoms. The number of H-pyrrole nitrogens is 1. The van der Waals surface area contributed by atoms with E-state index >= 15 is 0 Å². The van der Waals surface area contributed by atoms with E-state index in [1.165, 1.54) is 5.56 Å². The number of rotatable bonds is 4. The minimum Gasteiger partial charge on any atom is -0.495 e. The molecular formula is C25H25N7O. The van der Waals surface area contributed by atoms with E-state index < -0.39 is 11.4 Å². The lowest BCUT2D eigenvalue weighted by atomic mass is 9.79. The largest absolute Gasteiger partial charge is 0.495 e. The van der Waals surface area contributed by atoms with Crippen LogP contribution < -0.4 is 10.1 Å². The monoisotopic (exact) mass is 440 g/mol. The van der Waals surface area contributed by atoms with Crippen LogP contribution in [0.4, 0.5) is 0 Å². The Morgan fingerprint density at radius 2 is 2.15 bits per heavy atom. The van der Waals surface area contributed by atoms with Crippen LogP contribution in [0.5, 0.6) is 5.75 Å². The van der Waals surface area contributed by atoms with Crippen molar-refractivity contribution in [3.63, 3.8) is 0 Å². The first-order valence-corrected chi connectivity index (χ1v) is 11.3. The van der Waals surface area contributed by atoms with Crippen LogP contribution >= 0.6 is 0 Å².